The van der Waals surface area contributed by atoms with Crippen molar-refractivity contribution in [2.75, 3.05) is 6.54 Å². The number of aryl methyl sites for hydroxylation is 1. The largest absolute Gasteiger partial charge is 0.391 e. The number of likely N-dealkylation sites (tertiary alicyclic amines) is 1. The molecule has 1 fully saturated rings. The molecule has 4 atom stereocenters. The number of aliphatic hydroxyl groups excluding tert-OH is 1. The van der Waals surface area contributed by atoms with Gasteiger partial charge in [-0.15, -0.1) is 5.10 Å². The van der Waals surface area contributed by atoms with Gasteiger partial charge in [-0.3, -0.25) is 14.4 Å². The number of nitrogens with one attached hydrogen (secondary N) is 1. The second kappa shape index (κ2) is 11.6. The number of carbonyl (C=O) groups is 3. The van der Waals surface area contributed by atoms with E-state index >= 15 is 0 Å². The van der Waals surface area contributed by atoms with Crippen LogP contribution in [0.4, 0.5) is 0 Å². The van der Waals surface area contributed by atoms with Gasteiger partial charge in [-0.1, -0.05) is 73.7 Å². The van der Waals surface area contributed by atoms with Gasteiger partial charge in [0.2, 0.25) is 17.7 Å². The summed E-state index contributed by atoms with van der Waals surface area (Å²) in [4.78, 5) is 40.5. The highest BCUT2D eigenvalue weighted by molar-refractivity contribution is 5.93. The van der Waals surface area contributed by atoms with Crippen LogP contribution >= 0.6 is 0 Å². The molecule has 2 heterocycles. The molecule has 0 spiro atoms. The molecule has 10 nitrogen and oxygen atoms in total. The zero-order chi connectivity index (χ0) is 27.4. The van der Waals surface area contributed by atoms with E-state index < -0.39 is 36.0 Å². The topological polar surface area (TPSA) is 143 Å². The van der Waals surface area contributed by atoms with Gasteiger partial charge in [0.25, 0.3) is 0 Å². The van der Waals surface area contributed by atoms with E-state index in [2.05, 4.69) is 15.6 Å². The molecule has 0 aliphatic carbocycles. The molecule has 3 aromatic rings. The summed E-state index contributed by atoms with van der Waals surface area (Å²) in [5.41, 5.74) is 9.24. The average molecular weight is 519 g/mol. The lowest BCUT2D eigenvalue weighted by Gasteiger charge is -2.30. The molecule has 3 amide bonds. The molecular formula is C28H34N6O4. The average Bonchev–Trinajstić information content (AvgIpc) is 3.49. The van der Waals surface area contributed by atoms with Crippen molar-refractivity contribution in [3.05, 3.63) is 72.1 Å². The molecule has 1 aromatic heterocycles. The van der Waals surface area contributed by atoms with Crippen molar-refractivity contribution >= 4 is 17.7 Å². The lowest BCUT2D eigenvalue weighted by molar-refractivity contribution is -0.143. The van der Waals surface area contributed by atoms with Crippen molar-refractivity contribution in [2.45, 2.75) is 57.8 Å². The molecule has 1 aliphatic rings. The van der Waals surface area contributed by atoms with Gasteiger partial charge in [0, 0.05) is 25.6 Å². The van der Waals surface area contributed by atoms with Crippen LogP contribution in [-0.2, 0) is 20.8 Å². The van der Waals surface area contributed by atoms with Crippen molar-refractivity contribution in [3.63, 3.8) is 0 Å². The highest BCUT2D eigenvalue weighted by atomic mass is 16.3. The van der Waals surface area contributed by atoms with E-state index in [1.54, 1.807) is 13.1 Å². The van der Waals surface area contributed by atoms with E-state index in [1.807, 2.05) is 68.4 Å². The van der Waals surface area contributed by atoms with E-state index in [4.69, 9.17) is 5.73 Å². The Labute approximate surface area is 221 Å². The van der Waals surface area contributed by atoms with Crippen molar-refractivity contribution in [2.24, 2.45) is 11.7 Å². The lowest BCUT2D eigenvalue weighted by atomic mass is 10.00. The first-order chi connectivity index (χ1) is 18.1. The second-order valence-electron chi connectivity index (χ2n) is 10.2. The number of primary amides is 1. The molecule has 2 unspecified atom stereocenters. The van der Waals surface area contributed by atoms with Crippen LogP contribution in [0.15, 0.2) is 60.8 Å². The lowest BCUT2D eigenvalue weighted by Crippen LogP contribution is -2.54. The summed E-state index contributed by atoms with van der Waals surface area (Å²) in [6.45, 7) is 5.55. The summed E-state index contributed by atoms with van der Waals surface area (Å²) in [5, 5.41) is 21.1. The zero-order valence-electron chi connectivity index (χ0n) is 21.8. The van der Waals surface area contributed by atoms with E-state index in [0.717, 1.165) is 16.7 Å². The van der Waals surface area contributed by atoms with Crippen LogP contribution in [-0.4, -0.2) is 67.5 Å². The van der Waals surface area contributed by atoms with Gasteiger partial charge in [0.15, 0.2) is 0 Å². The first kappa shape index (κ1) is 27.0. The quantitative estimate of drug-likeness (QED) is 0.393. The fourth-order valence-electron chi connectivity index (χ4n) is 4.87. The fraction of sp³-hybridized carbons (Fsp3) is 0.393. The van der Waals surface area contributed by atoms with Gasteiger partial charge in [0.05, 0.1) is 11.8 Å². The van der Waals surface area contributed by atoms with Gasteiger partial charge in [-0.05, 0) is 29.5 Å². The Hall–Kier alpha value is -4.05. The molecule has 2 aromatic carbocycles. The fourth-order valence-corrected chi connectivity index (χ4v) is 4.87. The number of nitrogens with two attached hydrogens (primary N) is 1. The number of nitrogens with zero attached hydrogens (tertiary/aromatic N) is 4. The first-order valence-electron chi connectivity index (χ1n) is 12.7. The Bertz CT molecular complexity index is 1270. The van der Waals surface area contributed by atoms with Gasteiger partial charge in [0.1, 0.15) is 18.1 Å². The van der Waals surface area contributed by atoms with Crippen LogP contribution in [0, 0.1) is 12.8 Å². The number of aromatic nitrogens is 3. The summed E-state index contributed by atoms with van der Waals surface area (Å²) >= 11 is 0. The zero-order valence-corrected chi connectivity index (χ0v) is 21.8. The van der Waals surface area contributed by atoms with Gasteiger partial charge in [-0.25, -0.2) is 4.68 Å². The molecule has 0 bridgehead atoms. The third kappa shape index (κ3) is 6.08. The minimum atomic E-state index is -0.973. The molecule has 1 aliphatic heterocycles. The third-order valence-electron chi connectivity index (χ3n) is 6.82. The molecule has 4 rings (SSSR count). The van der Waals surface area contributed by atoms with E-state index in [-0.39, 0.29) is 31.2 Å². The number of hydrogen-bond donors (Lipinski definition) is 3. The normalized spacial score (nSPS) is 18.8. The van der Waals surface area contributed by atoms with Crippen molar-refractivity contribution < 1.29 is 19.5 Å². The minimum absolute atomic E-state index is 0.00993. The summed E-state index contributed by atoms with van der Waals surface area (Å²) in [7, 11) is 0. The van der Waals surface area contributed by atoms with Crippen LogP contribution in [0.25, 0.3) is 11.1 Å². The Morgan fingerprint density at radius 1 is 1.08 bits per heavy atom. The van der Waals surface area contributed by atoms with E-state index in [9.17, 15) is 19.5 Å². The Morgan fingerprint density at radius 2 is 1.74 bits per heavy atom. The maximum atomic E-state index is 13.6. The maximum absolute atomic E-state index is 13.6. The molecule has 4 N–H and O–H groups in total. The third-order valence-corrected chi connectivity index (χ3v) is 6.82. The maximum Gasteiger partial charge on any atom is 0.248 e. The molecule has 200 valence electrons. The smallest absolute Gasteiger partial charge is 0.248 e. The van der Waals surface area contributed by atoms with Crippen molar-refractivity contribution in [3.8, 4) is 11.1 Å². The number of aliphatic hydroxyl groups is 1. The number of β-amino-alcohol motifs (C(OH)–C–C–N with tert-alkyl or cyclic N) is 1. The van der Waals surface area contributed by atoms with Crippen LogP contribution in [0.1, 0.15) is 37.6 Å². The van der Waals surface area contributed by atoms with E-state index in [1.165, 1.54) is 9.58 Å². The Balaban J connectivity index is 1.47. The van der Waals surface area contributed by atoms with Crippen LogP contribution in [0.3, 0.4) is 0 Å². The number of hydrogen-bond acceptors (Lipinski definition) is 6. The first-order valence-corrected chi connectivity index (χ1v) is 12.7. The Morgan fingerprint density at radius 3 is 2.32 bits per heavy atom. The molecule has 0 radical (unpaired) electrons. The van der Waals surface area contributed by atoms with Gasteiger partial charge < -0.3 is 21.1 Å². The molecule has 0 saturated carbocycles. The van der Waals surface area contributed by atoms with Crippen molar-refractivity contribution in [1.82, 2.24) is 25.2 Å². The van der Waals surface area contributed by atoms with Gasteiger partial charge in [-0.2, -0.15) is 0 Å². The number of benzene rings is 2. The summed E-state index contributed by atoms with van der Waals surface area (Å²) in [6, 6.07) is 15.0. The number of amides is 3. The standard InChI is InChI=1S/C28H34N6O4/c1-17(2)25(34-15-18(3)31-32-34)28(38)33-16-22(35)14-24(33)27(37)30-23(26(29)36)13-19-9-11-21(12-10-19)20-7-5-4-6-8-20/h4-12,15,17,22-25,35H,13-14,16H2,1-3H3,(H2,29,36)(H,30,37)/t22-,23?,24+,25?/m1/s1. The highest BCUT2D eigenvalue weighted by Crippen LogP contribution is 2.27. The number of rotatable bonds is 9. The van der Waals surface area contributed by atoms with E-state index in [0.29, 0.717) is 5.69 Å². The van der Waals surface area contributed by atoms with Gasteiger partial charge >= 0.3 is 0 Å². The second-order valence-corrected chi connectivity index (χ2v) is 10.2. The molecule has 10 heteroatoms. The molecule has 1 saturated heterocycles. The van der Waals surface area contributed by atoms with Crippen molar-refractivity contribution in [1.29, 1.82) is 0 Å². The minimum Gasteiger partial charge on any atom is -0.391 e. The SMILES string of the molecule is Cc1cn(C(C(=O)N2C[C@H](O)C[C@H]2C(=O)NC(Cc2ccc(-c3ccccc3)cc2)C(N)=O)C(C)C)nn1. The predicted octanol–water partition coefficient (Wildman–Crippen LogP) is 1.63. The van der Waals surface area contributed by atoms with Crippen LogP contribution in [0.2, 0.25) is 0 Å². The van der Waals surface area contributed by atoms with Crippen LogP contribution < -0.4 is 11.1 Å². The molecular weight excluding hydrogens is 484 g/mol. The predicted molar refractivity (Wildman–Crippen MR) is 141 cm³/mol. The Kier molecular flexibility index (Phi) is 8.21. The monoisotopic (exact) mass is 518 g/mol. The summed E-state index contributed by atoms with van der Waals surface area (Å²) in [6.07, 6.45) is 1.08. The molecule has 38 heavy (non-hydrogen) atoms. The van der Waals surface area contributed by atoms with Crippen LogP contribution in [0.5, 0.6) is 0 Å². The summed E-state index contributed by atoms with van der Waals surface area (Å²) < 4.78 is 1.49. The number of carbonyl (C=O) groups excluding carboxylic acids is 3. The highest BCUT2D eigenvalue weighted by Gasteiger charge is 2.43. The summed E-state index contributed by atoms with van der Waals surface area (Å²) in [5.74, 6) is -1.69.